The summed E-state index contributed by atoms with van der Waals surface area (Å²) in [6.45, 7) is 4.21. The van der Waals surface area contributed by atoms with Crippen molar-refractivity contribution in [3.8, 4) is 5.75 Å². The fourth-order valence-corrected chi connectivity index (χ4v) is 2.46. The van der Waals surface area contributed by atoms with Crippen LogP contribution in [0.2, 0.25) is 0 Å². The van der Waals surface area contributed by atoms with Gasteiger partial charge in [0.2, 0.25) is 5.13 Å². The van der Waals surface area contributed by atoms with E-state index in [1.807, 2.05) is 0 Å². The summed E-state index contributed by atoms with van der Waals surface area (Å²) in [5, 5.41) is 21.2. The van der Waals surface area contributed by atoms with Gasteiger partial charge < -0.3 is 5.11 Å². The van der Waals surface area contributed by atoms with Crippen LogP contribution in [0.4, 0.5) is 5.13 Å². The molecule has 6 heteroatoms. The molecule has 1 aromatic heterocycles. The summed E-state index contributed by atoms with van der Waals surface area (Å²) in [6, 6.07) is 6.06. The second-order valence-electron chi connectivity index (χ2n) is 4.60. The van der Waals surface area contributed by atoms with Crippen molar-refractivity contribution in [2.75, 3.05) is 5.32 Å². The van der Waals surface area contributed by atoms with E-state index in [9.17, 15) is 4.79 Å². The molecule has 0 unspecified atom stereocenters. The van der Waals surface area contributed by atoms with Crippen LogP contribution in [0.25, 0.3) is 0 Å². The largest absolute Gasteiger partial charge is 0.508 e. The number of aromatic hydroxyl groups is 1. The SMILES string of the molecule is CC(C)Cc1nnc(NC(=O)c2ccc(O)cc2)s1. The molecular formula is C13H15N3O2S. The van der Waals surface area contributed by atoms with Gasteiger partial charge in [0.1, 0.15) is 10.8 Å². The number of amides is 1. The smallest absolute Gasteiger partial charge is 0.257 e. The molecule has 0 saturated carbocycles. The molecule has 19 heavy (non-hydrogen) atoms. The van der Waals surface area contributed by atoms with Crippen molar-refractivity contribution in [3.63, 3.8) is 0 Å². The predicted molar refractivity (Wildman–Crippen MR) is 74.5 cm³/mol. The van der Waals surface area contributed by atoms with Gasteiger partial charge in [-0.3, -0.25) is 10.1 Å². The maximum absolute atomic E-state index is 11.9. The number of anilines is 1. The fraction of sp³-hybridized carbons (Fsp3) is 0.308. The van der Waals surface area contributed by atoms with Crippen LogP contribution in [0.1, 0.15) is 29.2 Å². The van der Waals surface area contributed by atoms with Crippen LogP contribution in [0, 0.1) is 5.92 Å². The quantitative estimate of drug-likeness (QED) is 0.901. The lowest BCUT2D eigenvalue weighted by Gasteiger charge is -2.01. The van der Waals surface area contributed by atoms with E-state index in [0.29, 0.717) is 16.6 Å². The Hall–Kier alpha value is -1.95. The Bertz CT molecular complexity index is 564. The number of hydrogen-bond donors (Lipinski definition) is 2. The van der Waals surface area contributed by atoms with Crippen molar-refractivity contribution < 1.29 is 9.90 Å². The third kappa shape index (κ3) is 3.75. The van der Waals surface area contributed by atoms with Crippen molar-refractivity contribution in [2.45, 2.75) is 20.3 Å². The van der Waals surface area contributed by atoms with E-state index in [1.54, 1.807) is 12.1 Å². The van der Waals surface area contributed by atoms with Crippen LogP contribution < -0.4 is 5.32 Å². The first kappa shape index (κ1) is 13.5. The van der Waals surface area contributed by atoms with Gasteiger partial charge in [0, 0.05) is 12.0 Å². The van der Waals surface area contributed by atoms with Crippen molar-refractivity contribution in [3.05, 3.63) is 34.8 Å². The number of nitrogens with zero attached hydrogens (tertiary/aromatic N) is 2. The zero-order chi connectivity index (χ0) is 13.8. The lowest BCUT2D eigenvalue weighted by Crippen LogP contribution is -2.11. The first-order chi connectivity index (χ1) is 9.04. The van der Waals surface area contributed by atoms with E-state index >= 15 is 0 Å². The third-order valence-electron chi connectivity index (χ3n) is 2.40. The molecule has 0 aliphatic rings. The van der Waals surface area contributed by atoms with E-state index in [4.69, 9.17) is 5.11 Å². The lowest BCUT2D eigenvalue weighted by molar-refractivity contribution is 0.102. The van der Waals surface area contributed by atoms with Crippen molar-refractivity contribution in [1.29, 1.82) is 0 Å². The normalized spacial score (nSPS) is 10.7. The predicted octanol–water partition coefficient (Wildman–Crippen LogP) is 2.69. The van der Waals surface area contributed by atoms with Crippen molar-refractivity contribution >= 4 is 22.4 Å². The van der Waals surface area contributed by atoms with Gasteiger partial charge in [0.15, 0.2) is 0 Å². The van der Waals surface area contributed by atoms with Gasteiger partial charge >= 0.3 is 0 Å². The Morgan fingerprint density at radius 2 is 2.00 bits per heavy atom. The fourth-order valence-electron chi connectivity index (χ4n) is 1.52. The van der Waals surface area contributed by atoms with Crippen LogP contribution in [0.3, 0.4) is 0 Å². The molecule has 0 aliphatic heterocycles. The molecule has 1 aromatic carbocycles. The molecule has 1 amide bonds. The van der Waals surface area contributed by atoms with Crippen molar-refractivity contribution in [2.24, 2.45) is 5.92 Å². The van der Waals surface area contributed by atoms with Crippen LogP contribution in [-0.4, -0.2) is 21.2 Å². The molecule has 0 atom stereocenters. The van der Waals surface area contributed by atoms with Gasteiger partial charge in [-0.1, -0.05) is 25.2 Å². The maximum atomic E-state index is 11.9. The Morgan fingerprint density at radius 1 is 1.32 bits per heavy atom. The highest BCUT2D eigenvalue weighted by atomic mass is 32.1. The zero-order valence-corrected chi connectivity index (χ0v) is 11.6. The molecule has 100 valence electrons. The first-order valence-corrected chi connectivity index (χ1v) is 6.79. The van der Waals surface area contributed by atoms with Gasteiger partial charge in [0.25, 0.3) is 5.91 Å². The Balaban J connectivity index is 2.02. The minimum Gasteiger partial charge on any atom is -0.508 e. The Morgan fingerprint density at radius 3 is 2.63 bits per heavy atom. The summed E-state index contributed by atoms with van der Waals surface area (Å²) < 4.78 is 0. The topological polar surface area (TPSA) is 75.1 Å². The number of phenols is 1. The number of nitrogens with one attached hydrogen (secondary N) is 1. The molecule has 0 saturated heterocycles. The average molecular weight is 277 g/mol. The number of aromatic nitrogens is 2. The van der Waals surface area contributed by atoms with Gasteiger partial charge in [-0.25, -0.2) is 0 Å². The minimum absolute atomic E-state index is 0.131. The average Bonchev–Trinajstić information content (AvgIpc) is 2.76. The zero-order valence-electron chi connectivity index (χ0n) is 10.8. The number of benzene rings is 1. The highest BCUT2D eigenvalue weighted by Crippen LogP contribution is 2.19. The third-order valence-corrected chi connectivity index (χ3v) is 3.26. The van der Waals surface area contributed by atoms with Crippen LogP contribution in [0.15, 0.2) is 24.3 Å². The lowest BCUT2D eigenvalue weighted by atomic mass is 10.1. The summed E-state index contributed by atoms with van der Waals surface area (Å²) in [5.74, 6) is 0.382. The van der Waals surface area contributed by atoms with Gasteiger partial charge in [0.05, 0.1) is 0 Å². The maximum Gasteiger partial charge on any atom is 0.257 e. The second-order valence-corrected chi connectivity index (χ2v) is 5.66. The van der Waals surface area contributed by atoms with E-state index in [0.717, 1.165) is 11.4 Å². The molecule has 0 bridgehead atoms. The molecule has 5 nitrogen and oxygen atoms in total. The summed E-state index contributed by atoms with van der Waals surface area (Å²) in [4.78, 5) is 11.9. The van der Waals surface area contributed by atoms with E-state index in [2.05, 4.69) is 29.4 Å². The van der Waals surface area contributed by atoms with E-state index < -0.39 is 0 Å². The molecule has 2 rings (SSSR count). The number of hydrogen-bond acceptors (Lipinski definition) is 5. The molecule has 0 radical (unpaired) electrons. The number of phenolic OH excluding ortho intramolecular Hbond substituents is 1. The highest BCUT2D eigenvalue weighted by Gasteiger charge is 2.10. The Labute approximate surface area is 115 Å². The van der Waals surface area contributed by atoms with Gasteiger partial charge in [-0.05, 0) is 30.2 Å². The first-order valence-electron chi connectivity index (χ1n) is 5.97. The van der Waals surface area contributed by atoms with E-state index in [-0.39, 0.29) is 11.7 Å². The molecule has 0 spiro atoms. The van der Waals surface area contributed by atoms with Gasteiger partial charge in [-0.15, -0.1) is 10.2 Å². The molecule has 2 N–H and O–H groups in total. The Kier molecular flexibility index (Phi) is 4.11. The van der Waals surface area contributed by atoms with Crippen LogP contribution in [-0.2, 0) is 6.42 Å². The molecule has 0 fully saturated rings. The van der Waals surface area contributed by atoms with E-state index in [1.165, 1.54) is 23.5 Å². The molecular weight excluding hydrogens is 262 g/mol. The van der Waals surface area contributed by atoms with Crippen molar-refractivity contribution in [1.82, 2.24) is 10.2 Å². The summed E-state index contributed by atoms with van der Waals surface area (Å²) >= 11 is 1.38. The summed E-state index contributed by atoms with van der Waals surface area (Å²) in [5.41, 5.74) is 0.471. The van der Waals surface area contributed by atoms with Gasteiger partial charge in [-0.2, -0.15) is 0 Å². The number of carbonyl (C=O) groups excluding carboxylic acids is 1. The highest BCUT2D eigenvalue weighted by molar-refractivity contribution is 7.15. The molecule has 0 aliphatic carbocycles. The molecule has 2 aromatic rings. The molecule has 1 heterocycles. The van der Waals surface area contributed by atoms with Crippen LogP contribution in [0.5, 0.6) is 5.75 Å². The standard InChI is InChI=1S/C13H15N3O2S/c1-8(2)7-11-15-16-13(19-11)14-12(18)9-3-5-10(17)6-4-9/h3-6,8,17H,7H2,1-2H3,(H,14,16,18). The van der Waals surface area contributed by atoms with Crippen LogP contribution >= 0.6 is 11.3 Å². The summed E-state index contributed by atoms with van der Waals surface area (Å²) in [6.07, 6.45) is 0.854. The second kappa shape index (κ2) is 5.79. The monoisotopic (exact) mass is 277 g/mol. The minimum atomic E-state index is -0.257. The number of rotatable bonds is 4. The number of carbonyl (C=O) groups is 1. The summed E-state index contributed by atoms with van der Waals surface area (Å²) in [7, 11) is 0.